The quantitative estimate of drug-likeness (QED) is 0.920. The number of halogens is 1. The molecule has 1 aliphatic rings. The van der Waals surface area contributed by atoms with Crippen LogP contribution in [0.3, 0.4) is 0 Å². The van der Waals surface area contributed by atoms with Gasteiger partial charge < -0.3 is 15.5 Å². The predicted molar refractivity (Wildman–Crippen MR) is 83.1 cm³/mol. The molecule has 0 aromatic carbocycles. The fourth-order valence-electron chi connectivity index (χ4n) is 2.87. The molecule has 0 spiro atoms. The molecule has 0 aliphatic carbocycles. The molecule has 0 radical (unpaired) electrons. The first kappa shape index (κ1) is 15.8. The third-order valence-corrected chi connectivity index (χ3v) is 4.42. The largest absolute Gasteiger partial charge is 0.323 e. The van der Waals surface area contributed by atoms with Gasteiger partial charge in [0, 0.05) is 37.8 Å². The van der Waals surface area contributed by atoms with E-state index in [2.05, 4.69) is 42.8 Å². The number of nitrogens with two attached hydrogens (primary N) is 1. The van der Waals surface area contributed by atoms with Crippen molar-refractivity contribution < 1.29 is 0 Å². The predicted octanol–water partition coefficient (Wildman–Crippen LogP) is 1.75. The second kappa shape index (κ2) is 6.43. The molecule has 0 bridgehead atoms. The number of rotatable bonds is 4. The number of hydrogen-bond acceptors (Lipinski definition) is 4. The number of piperazine rings is 1. The lowest BCUT2D eigenvalue weighted by molar-refractivity contribution is 0.103. The van der Waals surface area contributed by atoms with Crippen LogP contribution >= 0.6 is 11.6 Å². The highest BCUT2D eigenvalue weighted by atomic mass is 35.5. The van der Waals surface area contributed by atoms with E-state index in [0.29, 0.717) is 11.1 Å². The normalized spacial score (nSPS) is 23.4. The van der Waals surface area contributed by atoms with E-state index in [-0.39, 0.29) is 12.1 Å². The highest BCUT2D eigenvalue weighted by molar-refractivity contribution is 6.31. The summed E-state index contributed by atoms with van der Waals surface area (Å²) in [7, 11) is 4.34. The van der Waals surface area contributed by atoms with Crippen LogP contribution in [-0.2, 0) is 0 Å². The molecular weight excluding hydrogens is 274 g/mol. The summed E-state index contributed by atoms with van der Waals surface area (Å²) in [6, 6.07) is 0.664. The molecule has 1 aliphatic heterocycles. The lowest BCUT2D eigenvalue weighted by atomic mass is 10.0. The number of aromatic nitrogens is 2. The van der Waals surface area contributed by atoms with Gasteiger partial charge in [-0.2, -0.15) is 5.10 Å². The van der Waals surface area contributed by atoms with E-state index < -0.39 is 0 Å². The van der Waals surface area contributed by atoms with E-state index in [4.69, 9.17) is 17.3 Å². The highest BCUT2D eigenvalue weighted by Gasteiger charge is 2.27. The van der Waals surface area contributed by atoms with Crippen molar-refractivity contribution in [3.8, 4) is 0 Å². The molecule has 2 rings (SSSR count). The van der Waals surface area contributed by atoms with Crippen LogP contribution in [-0.4, -0.2) is 59.4 Å². The van der Waals surface area contributed by atoms with Gasteiger partial charge in [-0.25, -0.2) is 0 Å². The average molecular weight is 300 g/mol. The topological polar surface area (TPSA) is 50.3 Å². The summed E-state index contributed by atoms with van der Waals surface area (Å²) in [5, 5.41) is 5.02. The lowest BCUT2D eigenvalue weighted by Crippen LogP contribution is -2.50. The molecule has 0 amide bonds. The molecule has 2 atom stereocenters. The fourth-order valence-corrected chi connectivity index (χ4v) is 3.14. The Morgan fingerprint density at radius 3 is 2.75 bits per heavy atom. The Balaban J connectivity index is 2.11. The number of likely N-dealkylation sites (N-methyl/N-ethyl adjacent to an activating group) is 2. The van der Waals surface area contributed by atoms with Gasteiger partial charge in [-0.05, 0) is 34.4 Å². The lowest BCUT2D eigenvalue weighted by Gasteiger charge is -2.39. The minimum atomic E-state index is -0.0775. The van der Waals surface area contributed by atoms with Gasteiger partial charge in [-0.1, -0.05) is 11.6 Å². The molecule has 5 nitrogen and oxygen atoms in total. The summed E-state index contributed by atoms with van der Waals surface area (Å²) in [6.45, 7) is 7.45. The van der Waals surface area contributed by atoms with Gasteiger partial charge in [0.05, 0.1) is 16.9 Å². The Morgan fingerprint density at radius 2 is 2.10 bits per heavy atom. The van der Waals surface area contributed by atoms with Gasteiger partial charge in [0.1, 0.15) is 0 Å². The molecule has 6 heteroatoms. The number of nitrogens with zero attached hydrogens (tertiary/aromatic N) is 4. The fraction of sp³-hybridized carbons (Fsp3) is 0.786. The Morgan fingerprint density at radius 1 is 1.40 bits per heavy atom. The minimum absolute atomic E-state index is 0.0775. The molecule has 0 saturated carbocycles. The molecule has 20 heavy (non-hydrogen) atoms. The van der Waals surface area contributed by atoms with E-state index in [1.165, 1.54) is 0 Å². The zero-order chi connectivity index (χ0) is 14.9. The van der Waals surface area contributed by atoms with E-state index in [1.54, 1.807) is 6.20 Å². The zero-order valence-corrected chi connectivity index (χ0v) is 13.6. The van der Waals surface area contributed by atoms with Gasteiger partial charge >= 0.3 is 0 Å². The van der Waals surface area contributed by atoms with Gasteiger partial charge in [0.25, 0.3) is 0 Å². The van der Waals surface area contributed by atoms with E-state index in [0.717, 1.165) is 31.7 Å². The summed E-state index contributed by atoms with van der Waals surface area (Å²) in [4.78, 5) is 4.75. The minimum Gasteiger partial charge on any atom is -0.323 e. The average Bonchev–Trinajstić information content (AvgIpc) is 2.76. The Kier molecular flexibility index (Phi) is 5.07. The first-order valence-corrected chi connectivity index (χ1v) is 7.65. The first-order valence-electron chi connectivity index (χ1n) is 7.27. The second-order valence-electron chi connectivity index (χ2n) is 6.15. The second-order valence-corrected chi connectivity index (χ2v) is 6.56. The molecule has 2 heterocycles. The van der Waals surface area contributed by atoms with Crippen molar-refractivity contribution in [2.75, 3.05) is 33.7 Å². The molecule has 1 saturated heterocycles. The zero-order valence-electron chi connectivity index (χ0n) is 12.9. The van der Waals surface area contributed by atoms with Crippen LogP contribution in [0.5, 0.6) is 0 Å². The van der Waals surface area contributed by atoms with Crippen molar-refractivity contribution in [2.45, 2.75) is 38.4 Å². The molecule has 114 valence electrons. The van der Waals surface area contributed by atoms with E-state index in [9.17, 15) is 0 Å². The standard InChI is InChI=1S/C14H26ClN5/c1-10(2)20-14(12(15)8-17-20)13(16)7-11-9-18(3)5-6-19(11)4/h8,10-11,13H,5-7,9,16H2,1-4H3. The first-order chi connectivity index (χ1) is 9.40. The molecule has 1 aromatic rings. The highest BCUT2D eigenvalue weighted by Crippen LogP contribution is 2.28. The molecular formula is C14H26ClN5. The van der Waals surface area contributed by atoms with Crippen molar-refractivity contribution in [1.29, 1.82) is 0 Å². The summed E-state index contributed by atoms with van der Waals surface area (Å²) >= 11 is 6.28. The van der Waals surface area contributed by atoms with Crippen molar-refractivity contribution in [3.63, 3.8) is 0 Å². The van der Waals surface area contributed by atoms with Crippen LogP contribution in [0.1, 0.15) is 38.0 Å². The Bertz CT molecular complexity index is 445. The van der Waals surface area contributed by atoms with Crippen LogP contribution in [0.4, 0.5) is 0 Å². The van der Waals surface area contributed by atoms with Gasteiger partial charge in [-0.15, -0.1) is 0 Å². The maximum Gasteiger partial charge on any atom is 0.0834 e. The maximum atomic E-state index is 6.43. The summed E-state index contributed by atoms with van der Waals surface area (Å²) in [6.07, 6.45) is 2.60. The van der Waals surface area contributed by atoms with Gasteiger partial charge in [-0.3, -0.25) is 4.68 Å². The SMILES string of the molecule is CC(C)n1ncc(Cl)c1C(N)CC1CN(C)CCN1C. The van der Waals surface area contributed by atoms with Gasteiger partial charge in [0.15, 0.2) is 0 Å². The van der Waals surface area contributed by atoms with Crippen LogP contribution < -0.4 is 5.73 Å². The van der Waals surface area contributed by atoms with Crippen molar-refractivity contribution in [3.05, 3.63) is 16.9 Å². The van der Waals surface area contributed by atoms with Gasteiger partial charge in [0.2, 0.25) is 0 Å². The van der Waals surface area contributed by atoms with Crippen molar-refractivity contribution >= 4 is 11.6 Å². The monoisotopic (exact) mass is 299 g/mol. The van der Waals surface area contributed by atoms with E-state index in [1.807, 2.05) is 4.68 Å². The third kappa shape index (κ3) is 3.34. The van der Waals surface area contributed by atoms with Crippen molar-refractivity contribution in [1.82, 2.24) is 19.6 Å². The smallest absolute Gasteiger partial charge is 0.0834 e. The van der Waals surface area contributed by atoms with E-state index >= 15 is 0 Å². The van der Waals surface area contributed by atoms with Crippen LogP contribution in [0.15, 0.2) is 6.20 Å². The number of hydrogen-bond donors (Lipinski definition) is 1. The van der Waals surface area contributed by atoms with Crippen LogP contribution in [0.25, 0.3) is 0 Å². The molecule has 2 N–H and O–H groups in total. The molecule has 2 unspecified atom stereocenters. The van der Waals surface area contributed by atoms with Crippen LogP contribution in [0, 0.1) is 0 Å². The summed E-state index contributed by atoms with van der Waals surface area (Å²) < 4.78 is 1.94. The molecule has 1 fully saturated rings. The van der Waals surface area contributed by atoms with Crippen molar-refractivity contribution in [2.24, 2.45) is 5.73 Å². The van der Waals surface area contributed by atoms with Crippen LogP contribution in [0.2, 0.25) is 5.02 Å². The summed E-state index contributed by atoms with van der Waals surface area (Å²) in [5.74, 6) is 0. The summed E-state index contributed by atoms with van der Waals surface area (Å²) in [5.41, 5.74) is 7.39. The maximum absolute atomic E-state index is 6.43. The Labute approximate surface area is 126 Å². The molecule has 1 aromatic heterocycles. The third-order valence-electron chi connectivity index (χ3n) is 4.13. The Hall–Kier alpha value is -0.620.